The van der Waals surface area contributed by atoms with E-state index in [0.29, 0.717) is 18.6 Å². The molecule has 112 valence electrons. The molecule has 3 aromatic rings. The van der Waals surface area contributed by atoms with Crippen LogP contribution < -0.4 is 10.4 Å². The average molecular weight is 294 g/mol. The first kappa shape index (κ1) is 14.4. The molecular formula is C19H18O3. The molecule has 22 heavy (non-hydrogen) atoms. The first-order chi connectivity index (χ1) is 10.7. The zero-order valence-corrected chi connectivity index (χ0v) is 12.8. The van der Waals surface area contributed by atoms with Gasteiger partial charge in [0.2, 0.25) is 0 Å². The third-order valence-electron chi connectivity index (χ3n) is 3.86. The summed E-state index contributed by atoms with van der Waals surface area (Å²) in [6.07, 6.45) is 0.666. The summed E-state index contributed by atoms with van der Waals surface area (Å²) in [6, 6.07) is 15.6. The molecule has 0 bridgehead atoms. The predicted octanol–water partition coefficient (Wildman–Crippen LogP) is 4.24. The number of hydrogen-bond acceptors (Lipinski definition) is 3. The first-order valence-electron chi connectivity index (χ1n) is 7.42. The van der Waals surface area contributed by atoms with E-state index in [1.54, 1.807) is 6.07 Å². The molecule has 0 atom stereocenters. The Bertz CT molecular complexity index is 848. The Morgan fingerprint density at radius 3 is 2.59 bits per heavy atom. The monoisotopic (exact) mass is 294 g/mol. The topological polar surface area (TPSA) is 39.4 Å². The Labute approximate surface area is 129 Å². The van der Waals surface area contributed by atoms with Gasteiger partial charge >= 0.3 is 5.63 Å². The SMILES string of the molecule is CCc1c(C)c2cc(OCc3ccccc3)ccc2oc1=O. The maximum Gasteiger partial charge on any atom is 0.339 e. The van der Waals surface area contributed by atoms with Crippen molar-refractivity contribution in [2.45, 2.75) is 26.9 Å². The standard InChI is InChI=1S/C19H18O3/c1-3-16-13(2)17-11-15(9-10-18(17)22-19(16)20)21-12-14-7-5-4-6-8-14/h4-11H,3,12H2,1-2H3. The largest absolute Gasteiger partial charge is 0.489 e. The van der Waals surface area contributed by atoms with Crippen LogP contribution in [0.2, 0.25) is 0 Å². The van der Waals surface area contributed by atoms with Gasteiger partial charge in [-0.05, 0) is 42.7 Å². The molecule has 1 heterocycles. The number of rotatable bonds is 4. The molecular weight excluding hydrogens is 276 g/mol. The molecule has 3 heteroatoms. The Balaban J connectivity index is 1.94. The molecule has 0 aliphatic carbocycles. The summed E-state index contributed by atoms with van der Waals surface area (Å²) < 4.78 is 11.2. The molecule has 3 nitrogen and oxygen atoms in total. The molecule has 0 amide bonds. The fourth-order valence-corrected chi connectivity index (χ4v) is 2.61. The lowest BCUT2D eigenvalue weighted by Crippen LogP contribution is -2.09. The predicted molar refractivity (Wildman–Crippen MR) is 87.4 cm³/mol. The van der Waals surface area contributed by atoms with E-state index in [2.05, 4.69) is 0 Å². The van der Waals surface area contributed by atoms with Crippen molar-refractivity contribution in [3.63, 3.8) is 0 Å². The van der Waals surface area contributed by atoms with Crippen LogP contribution in [0.4, 0.5) is 0 Å². The molecule has 0 aliphatic rings. The van der Waals surface area contributed by atoms with Crippen LogP contribution >= 0.6 is 0 Å². The summed E-state index contributed by atoms with van der Waals surface area (Å²) in [6.45, 7) is 4.43. The second kappa shape index (κ2) is 6.06. The van der Waals surface area contributed by atoms with Crippen LogP contribution in [-0.4, -0.2) is 0 Å². The number of fused-ring (bicyclic) bond motifs is 1. The maximum atomic E-state index is 11.9. The van der Waals surface area contributed by atoms with Gasteiger partial charge in [-0.15, -0.1) is 0 Å². The number of aryl methyl sites for hydroxylation is 1. The Morgan fingerprint density at radius 2 is 1.86 bits per heavy atom. The van der Waals surface area contributed by atoms with Crippen LogP contribution in [0.15, 0.2) is 57.7 Å². The first-order valence-corrected chi connectivity index (χ1v) is 7.42. The Kier molecular flexibility index (Phi) is 3.96. The van der Waals surface area contributed by atoms with Gasteiger partial charge < -0.3 is 9.15 Å². The zero-order valence-electron chi connectivity index (χ0n) is 12.8. The van der Waals surface area contributed by atoms with Crippen molar-refractivity contribution >= 4 is 11.0 Å². The molecule has 0 unspecified atom stereocenters. The highest BCUT2D eigenvalue weighted by Crippen LogP contribution is 2.25. The van der Waals surface area contributed by atoms with Gasteiger partial charge in [-0.25, -0.2) is 4.79 Å². The number of benzene rings is 2. The van der Waals surface area contributed by atoms with E-state index >= 15 is 0 Å². The molecule has 0 saturated carbocycles. The average Bonchev–Trinajstić information content (AvgIpc) is 2.54. The fraction of sp³-hybridized carbons (Fsp3) is 0.211. The van der Waals surface area contributed by atoms with Gasteiger partial charge in [-0.3, -0.25) is 0 Å². The van der Waals surface area contributed by atoms with Crippen LogP contribution in [0.1, 0.15) is 23.6 Å². The lowest BCUT2D eigenvalue weighted by atomic mass is 10.0. The molecule has 0 saturated heterocycles. The number of ether oxygens (including phenoxy) is 1. The molecule has 0 fully saturated rings. The third-order valence-corrected chi connectivity index (χ3v) is 3.86. The van der Waals surface area contributed by atoms with Crippen molar-refractivity contribution in [1.82, 2.24) is 0 Å². The summed E-state index contributed by atoms with van der Waals surface area (Å²) in [5.41, 5.74) is 3.18. The lowest BCUT2D eigenvalue weighted by molar-refractivity contribution is 0.306. The summed E-state index contributed by atoms with van der Waals surface area (Å²) in [7, 11) is 0. The van der Waals surface area contributed by atoms with E-state index in [9.17, 15) is 4.79 Å². The van der Waals surface area contributed by atoms with Gasteiger partial charge in [0.1, 0.15) is 17.9 Å². The van der Waals surface area contributed by atoms with E-state index in [-0.39, 0.29) is 5.63 Å². The van der Waals surface area contributed by atoms with E-state index in [1.165, 1.54) is 0 Å². The molecule has 2 aromatic carbocycles. The minimum absolute atomic E-state index is 0.245. The molecule has 0 radical (unpaired) electrons. The van der Waals surface area contributed by atoms with Crippen LogP contribution in [0.25, 0.3) is 11.0 Å². The smallest absolute Gasteiger partial charge is 0.339 e. The van der Waals surface area contributed by atoms with Crippen LogP contribution in [0, 0.1) is 6.92 Å². The van der Waals surface area contributed by atoms with Crippen LogP contribution in [0.5, 0.6) is 5.75 Å². The summed E-state index contributed by atoms with van der Waals surface area (Å²) in [4.78, 5) is 11.9. The minimum atomic E-state index is -0.245. The molecule has 0 spiro atoms. The Morgan fingerprint density at radius 1 is 1.09 bits per heavy atom. The van der Waals surface area contributed by atoms with Gasteiger partial charge in [0.05, 0.1) is 0 Å². The van der Waals surface area contributed by atoms with Gasteiger partial charge in [0.25, 0.3) is 0 Å². The van der Waals surface area contributed by atoms with Crippen molar-refractivity contribution in [3.8, 4) is 5.75 Å². The van der Waals surface area contributed by atoms with Gasteiger partial charge in [0, 0.05) is 10.9 Å². The summed E-state index contributed by atoms with van der Waals surface area (Å²) in [5, 5.41) is 0.932. The van der Waals surface area contributed by atoms with Gasteiger partial charge in [0.15, 0.2) is 0 Å². The van der Waals surface area contributed by atoms with Crippen molar-refractivity contribution in [2.24, 2.45) is 0 Å². The summed E-state index contributed by atoms with van der Waals surface area (Å²) >= 11 is 0. The van der Waals surface area contributed by atoms with E-state index in [1.807, 2.05) is 56.3 Å². The van der Waals surface area contributed by atoms with Crippen molar-refractivity contribution in [1.29, 1.82) is 0 Å². The molecule has 1 aromatic heterocycles. The van der Waals surface area contributed by atoms with Crippen molar-refractivity contribution in [2.75, 3.05) is 0 Å². The van der Waals surface area contributed by atoms with E-state index < -0.39 is 0 Å². The molecule has 3 rings (SSSR count). The molecule has 0 aliphatic heterocycles. The third kappa shape index (κ3) is 2.75. The van der Waals surface area contributed by atoms with E-state index in [4.69, 9.17) is 9.15 Å². The minimum Gasteiger partial charge on any atom is -0.489 e. The quantitative estimate of drug-likeness (QED) is 0.675. The second-order valence-corrected chi connectivity index (χ2v) is 5.28. The van der Waals surface area contributed by atoms with Crippen LogP contribution in [-0.2, 0) is 13.0 Å². The number of hydrogen-bond donors (Lipinski definition) is 0. The zero-order chi connectivity index (χ0) is 15.5. The van der Waals surface area contributed by atoms with Crippen molar-refractivity contribution < 1.29 is 9.15 Å². The fourth-order valence-electron chi connectivity index (χ4n) is 2.61. The molecule has 0 N–H and O–H groups in total. The highest BCUT2D eigenvalue weighted by atomic mass is 16.5. The summed E-state index contributed by atoms with van der Waals surface area (Å²) in [5.74, 6) is 0.773. The van der Waals surface area contributed by atoms with Gasteiger partial charge in [-0.2, -0.15) is 0 Å². The normalized spacial score (nSPS) is 10.8. The Hall–Kier alpha value is -2.55. The van der Waals surface area contributed by atoms with E-state index in [0.717, 1.165) is 27.8 Å². The maximum absolute atomic E-state index is 11.9. The highest BCUT2D eigenvalue weighted by molar-refractivity contribution is 5.82. The van der Waals surface area contributed by atoms with Crippen molar-refractivity contribution in [3.05, 3.63) is 75.6 Å². The van der Waals surface area contributed by atoms with Gasteiger partial charge in [-0.1, -0.05) is 37.3 Å². The second-order valence-electron chi connectivity index (χ2n) is 5.28. The van der Waals surface area contributed by atoms with Crippen LogP contribution in [0.3, 0.4) is 0 Å². The highest BCUT2D eigenvalue weighted by Gasteiger charge is 2.10. The lowest BCUT2D eigenvalue weighted by Gasteiger charge is -2.09.